The van der Waals surface area contributed by atoms with Crippen LogP contribution in [0, 0.1) is 0 Å². The molecule has 0 aliphatic carbocycles. The van der Waals surface area contributed by atoms with E-state index >= 15 is 0 Å². The number of hydrogen-bond acceptors (Lipinski definition) is 2. The van der Waals surface area contributed by atoms with Crippen LogP contribution in [0.1, 0.15) is 5.56 Å². The highest BCUT2D eigenvalue weighted by Gasteiger charge is 2.07. The van der Waals surface area contributed by atoms with Gasteiger partial charge in [-0.2, -0.15) is 0 Å². The van der Waals surface area contributed by atoms with Gasteiger partial charge in [-0.3, -0.25) is 0 Å². The van der Waals surface area contributed by atoms with Crippen molar-refractivity contribution in [2.24, 2.45) is 12.9 Å². The minimum Gasteiger partial charge on any atom is -0.349 e. The molecule has 0 fully saturated rings. The van der Waals surface area contributed by atoms with Crippen LogP contribution in [-0.4, -0.2) is 11.2 Å². The van der Waals surface area contributed by atoms with Crippen LogP contribution in [0.15, 0.2) is 28.9 Å². The molecule has 15 heavy (non-hydrogen) atoms. The summed E-state index contributed by atoms with van der Waals surface area (Å²) in [6.45, 7) is 0.544. The Balaban J connectivity index is 2.54. The molecule has 0 spiro atoms. The van der Waals surface area contributed by atoms with E-state index in [1.807, 2.05) is 7.05 Å². The fourth-order valence-corrected chi connectivity index (χ4v) is 2.50. The average molecular weight is 269 g/mol. The maximum absolute atomic E-state index is 5.05. The molecular weight excluding hydrogens is 256 g/mol. The van der Waals surface area contributed by atoms with Crippen LogP contribution in [0.5, 0.6) is 0 Å². The third kappa shape index (κ3) is 1.93. The molecule has 80 valence electrons. The van der Waals surface area contributed by atoms with E-state index < -0.39 is 0 Å². The average Bonchev–Trinajstić information content (AvgIpc) is 2.53. The van der Waals surface area contributed by atoms with E-state index in [4.69, 9.17) is 5.90 Å². The van der Waals surface area contributed by atoms with Crippen molar-refractivity contribution in [2.45, 2.75) is 6.42 Å². The number of benzene rings is 1. The Morgan fingerprint density at radius 3 is 3.00 bits per heavy atom. The molecule has 1 heterocycles. The Kier molecular flexibility index (Phi) is 3.09. The standard InChI is InChI=1S/C11H13BrN2O/c1-14-7-10(12)9-4-2-3-8(11(9)14)5-6-15-13/h2-4,7H,5-6,13H2,1H3. The lowest BCUT2D eigenvalue weighted by molar-refractivity contribution is 0.141. The van der Waals surface area contributed by atoms with Crippen LogP contribution < -0.4 is 5.90 Å². The minimum atomic E-state index is 0.544. The molecule has 3 nitrogen and oxygen atoms in total. The molecule has 2 N–H and O–H groups in total. The lowest BCUT2D eigenvalue weighted by atomic mass is 10.1. The van der Waals surface area contributed by atoms with Gasteiger partial charge in [-0.15, -0.1) is 0 Å². The number of aryl methyl sites for hydroxylation is 1. The van der Waals surface area contributed by atoms with Gasteiger partial charge in [0.15, 0.2) is 0 Å². The number of fused-ring (bicyclic) bond motifs is 1. The van der Waals surface area contributed by atoms with Gasteiger partial charge >= 0.3 is 0 Å². The van der Waals surface area contributed by atoms with Gasteiger partial charge in [0.2, 0.25) is 0 Å². The highest BCUT2D eigenvalue weighted by molar-refractivity contribution is 9.10. The molecule has 0 bridgehead atoms. The Hall–Kier alpha value is -0.840. The minimum absolute atomic E-state index is 0.544. The summed E-state index contributed by atoms with van der Waals surface area (Å²) in [7, 11) is 2.04. The van der Waals surface area contributed by atoms with E-state index in [1.54, 1.807) is 0 Å². The summed E-state index contributed by atoms with van der Waals surface area (Å²) in [5.41, 5.74) is 2.49. The van der Waals surface area contributed by atoms with E-state index in [2.05, 4.69) is 49.7 Å². The van der Waals surface area contributed by atoms with Crippen molar-refractivity contribution in [1.82, 2.24) is 4.57 Å². The van der Waals surface area contributed by atoms with Crippen molar-refractivity contribution in [3.05, 3.63) is 34.4 Å². The fraction of sp³-hybridized carbons (Fsp3) is 0.273. The molecule has 0 aliphatic rings. The normalized spacial score (nSPS) is 11.1. The molecule has 1 aromatic heterocycles. The predicted molar refractivity (Wildman–Crippen MR) is 64.5 cm³/mol. The summed E-state index contributed by atoms with van der Waals surface area (Å²) in [5, 5.41) is 1.23. The summed E-state index contributed by atoms with van der Waals surface area (Å²) in [6, 6.07) is 6.26. The lowest BCUT2D eigenvalue weighted by Gasteiger charge is -2.05. The highest BCUT2D eigenvalue weighted by Crippen LogP contribution is 2.28. The molecule has 0 amide bonds. The van der Waals surface area contributed by atoms with Crippen molar-refractivity contribution < 1.29 is 4.84 Å². The largest absolute Gasteiger partial charge is 0.349 e. The molecule has 2 aromatic rings. The number of rotatable bonds is 3. The van der Waals surface area contributed by atoms with Crippen LogP contribution >= 0.6 is 15.9 Å². The first-order valence-corrected chi connectivity index (χ1v) is 5.57. The number of halogens is 1. The van der Waals surface area contributed by atoms with Crippen LogP contribution in [0.4, 0.5) is 0 Å². The summed E-state index contributed by atoms with van der Waals surface area (Å²) < 4.78 is 3.24. The third-order valence-corrected chi connectivity index (χ3v) is 3.16. The number of para-hydroxylation sites is 1. The molecule has 0 unspecified atom stereocenters. The quantitative estimate of drug-likeness (QED) is 0.869. The second-order valence-electron chi connectivity index (χ2n) is 3.52. The summed E-state index contributed by atoms with van der Waals surface area (Å²) in [6.07, 6.45) is 2.90. The molecule has 0 aliphatic heterocycles. The summed E-state index contributed by atoms with van der Waals surface area (Å²) in [4.78, 5) is 4.62. The molecule has 0 saturated heterocycles. The number of aromatic nitrogens is 1. The van der Waals surface area contributed by atoms with E-state index in [-0.39, 0.29) is 0 Å². The second kappa shape index (κ2) is 4.35. The zero-order valence-corrected chi connectivity index (χ0v) is 10.1. The first kappa shape index (κ1) is 10.7. The van der Waals surface area contributed by atoms with Gasteiger partial charge in [-0.25, -0.2) is 5.90 Å². The SMILES string of the molecule is Cn1cc(Br)c2cccc(CCON)c21. The first-order chi connectivity index (χ1) is 7.24. The van der Waals surface area contributed by atoms with Crippen molar-refractivity contribution in [3.63, 3.8) is 0 Å². The Morgan fingerprint density at radius 1 is 1.47 bits per heavy atom. The smallest absolute Gasteiger partial charge is 0.0720 e. The van der Waals surface area contributed by atoms with Crippen LogP contribution in [0.3, 0.4) is 0 Å². The Bertz CT molecular complexity index is 479. The zero-order valence-electron chi connectivity index (χ0n) is 8.53. The number of hydrogen-bond donors (Lipinski definition) is 1. The molecule has 2 rings (SSSR count). The van der Waals surface area contributed by atoms with Crippen molar-refractivity contribution in [2.75, 3.05) is 6.61 Å². The van der Waals surface area contributed by atoms with Gasteiger partial charge in [0.25, 0.3) is 0 Å². The number of nitrogens with zero attached hydrogens (tertiary/aromatic N) is 1. The van der Waals surface area contributed by atoms with Crippen molar-refractivity contribution in [1.29, 1.82) is 0 Å². The van der Waals surface area contributed by atoms with Gasteiger partial charge in [0, 0.05) is 23.1 Å². The molecule has 0 radical (unpaired) electrons. The molecular formula is C11H13BrN2O. The number of nitrogens with two attached hydrogens (primary N) is 1. The van der Waals surface area contributed by atoms with Crippen LogP contribution in [-0.2, 0) is 18.3 Å². The predicted octanol–water partition coefficient (Wildman–Crippen LogP) is 2.37. The molecule has 4 heteroatoms. The topological polar surface area (TPSA) is 40.2 Å². The molecule has 0 saturated carbocycles. The van der Waals surface area contributed by atoms with Gasteiger partial charge < -0.3 is 9.40 Å². The molecule has 1 aromatic carbocycles. The van der Waals surface area contributed by atoms with Gasteiger partial charge in [-0.1, -0.05) is 18.2 Å². The zero-order chi connectivity index (χ0) is 10.8. The van der Waals surface area contributed by atoms with Crippen molar-refractivity contribution in [3.8, 4) is 0 Å². The fourth-order valence-electron chi connectivity index (χ4n) is 1.88. The maximum Gasteiger partial charge on any atom is 0.0720 e. The summed E-state index contributed by atoms with van der Waals surface area (Å²) in [5.74, 6) is 5.05. The van der Waals surface area contributed by atoms with Crippen LogP contribution in [0.25, 0.3) is 10.9 Å². The van der Waals surface area contributed by atoms with E-state index in [9.17, 15) is 0 Å². The Labute approximate surface area is 96.9 Å². The third-order valence-electron chi connectivity index (χ3n) is 2.53. The van der Waals surface area contributed by atoms with Crippen molar-refractivity contribution >= 4 is 26.8 Å². The summed E-state index contributed by atoms with van der Waals surface area (Å²) >= 11 is 3.54. The van der Waals surface area contributed by atoms with E-state index in [0.717, 1.165) is 10.9 Å². The van der Waals surface area contributed by atoms with Crippen LogP contribution in [0.2, 0.25) is 0 Å². The molecule has 0 atom stereocenters. The first-order valence-electron chi connectivity index (χ1n) is 4.78. The van der Waals surface area contributed by atoms with Gasteiger partial charge in [-0.05, 0) is 27.9 Å². The van der Waals surface area contributed by atoms with E-state index in [1.165, 1.54) is 16.5 Å². The second-order valence-corrected chi connectivity index (χ2v) is 4.38. The van der Waals surface area contributed by atoms with Gasteiger partial charge in [0.1, 0.15) is 0 Å². The highest BCUT2D eigenvalue weighted by atomic mass is 79.9. The maximum atomic E-state index is 5.05. The monoisotopic (exact) mass is 268 g/mol. The van der Waals surface area contributed by atoms with E-state index in [0.29, 0.717) is 6.61 Å². The Morgan fingerprint density at radius 2 is 2.27 bits per heavy atom. The lowest BCUT2D eigenvalue weighted by Crippen LogP contribution is -2.04. The van der Waals surface area contributed by atoms with Gasteiger partial charge in [0.05, 0.1) is 12.1 Å².